The van der Waals surface area contributed by atoms with Crippen LogP contribution in [0.4, 0.5) is 0 Å². The molecular weight excluding hydrogens is 333 g/mol. The summed E-state index contributed by atoms with van der Waals surface area (Å²) in [7, 11) is 0.815. The fourth-order valence-electron chi connectivity index (χ4n) is 4.79. The fraction of sp³-hybridized carbons (Fsp3) is 0.500. The molecule has 2 aromatic carbocycles. The SMILES string of the molecule is c1ccc(-c2ccccc2PN(C2CCCCC2)C2CCCCC2)cc1. The molecule has 0 heterocycles. The summed E-state index contributed by atoms with van der Waals surface area (Å²) in [6, 6.07) is 21.7. The topological polar surface area (TPSA) is 3.24 Å². The molecule has 138 valence electrons. The van der Waals surface area contributed by atoms with Gasteiger partial charge in [-0.1, -0.05) is 93.1 Å². The minimum absolute atomic E-state index is 0.814. The summed E-state index contributed by atoms with van der Waals surface area (Å²) in [6.07, 6.45) is 14.3. The molecule has 2 aliphatic carbocycles. The van der Waals surface area contributed by atoms with Crippen LogP contribution in [0.1, 0.15) is 64.2 Å². The zero-order chi connectivity index (χ0) is 17.6. The summed E-state index contributed by atoms with van der Waals surface area (Å²) < 4.78 is 2.94. The van der Waals surface area contributed by atoms with Crippen LogP contribution in [0.3, 0.4) is 0 Å². The third-order valence-electron chi connectivity index (χ3n) is 6.20. The Morgan fingerprint density at radius 1 is 0.615 bits per heavy atom. The van der Waals surface area contributed by atoms with E-state index in [-0.39, 0.29) is 0 Å². The first-order valence-corrected chi connectivity index (χ1v) is 11.6. The normalized spacial score (nSPS) is 20.2. The molecule has 4 rings (SSSR count). The van der Waals surface area contributed by atoms with Crippen molar-refractivity contribution in [3.8, 4) is 11.1 Å². The summed E-state index contributed by atoms with van der Waals surface area (Å²) in [5, 5.41) is 1.54. The highest BCUT2D eigenvalue weighted by Crippen LogP contribution is 2.38. The minimum atomic E-state index is 0.814. The lowest BCUT2D eigenvalue weighted by atomic mass is 9.91. The molecule has 0 aromatic heterocycles. The molecule has 1 atom stereocenters. The average Bonchev–Trinajstić information content (AvgIpc) is 2.74. The molecule has 0 bridgehead atoms. The van der Waals surface area contributed by atoms with E-state index in [1.807, 2.05) is 0 Å². The average molecular weight is 366 g/mol. The Morgan fingerprint density at radius 3 is 1.77 bits per heavy atom. The quantitative estimate of drug-likeness (QED) is 0.544. The maximum Gasteiger partial charge on any atom is 0.0138 e. The van der Waals surface area contributed by atoms with Gasteiger partial charge in [0.2, 0.25) is 0 Å². The van der Waals surface area contributed by atoms with E-state index in [1.165, 1.54) is 80.6 Å². The fourth-order valence-corrected chi connectivity index (χ4v) is 6.47. The Hall–Kier alpha value is -1.17. The second-order valence-electron chi connectivity index (χ2n) is 8.01. The third kappa shape index (κ3) is 4.38. The Balaban J connectivity index is 1.61. The molecule has 0 spiro atoms. The Morgan fingerprint density at radius 2 is 1.15 bits per heavy atom. The highest BCUT2D eigenvalue weighted by molar-refractivity contribution is 7.45. The summed E-state index contributed by atoms with van der Waals surface area (Å²) >= 11 is 0. The van der Waals surface area contributed by atoms with Crippen LogP contribution < -0.4 is 5.30 Å². The van der Waals surface area contributed by atoms with Crippen molar-refractivity contribution in [2.24, 2.45) is 0 Å². The van der Waals surface area contributed by atoms with Crippen LogP contribution in [-0.2, 0) is 0 Å². The molecule has 0 aliphatic heterocycles. The molecule has 2 saturated carbocycles. The van der Waals surface area contributed by atoms with E-state index in [2.05, 4.69) is 59.3 Å². The zero-order valence-electron chi connectivity index (χ0n) is 15.9. The van der Waals surface area contributed by atoms with Gasteiger partial charge in [0.25, 0.3) is 0 Å². The molecule has 2 heteroatoms. The van der Waals surface area contributed by atoms with Crippen molar-refractivity contribution in [3.63, 3.8) is 0 Å². The lowest BCUT2D eigenvalue weighted by molar-refractivity contribution is 0.182. The van der Waals surface area contributed by atoms with Gasteiger partial charge in [-0.2, -0.15) is 0 Å². The highest BCUT2D eigenvalue weighted by atomic mass is 31.1. The lowest BCUT2D eigenvalue weighted by Gasteiger charge is -2.41. The van der Waals surface area contributed by atoms with Crippen LogP contribution >= 0.6 is 8.73 Å². The molecule has 26 heavy (non-hydrogen) atoms. The molecule has 0 N–H and O–H groups in total. The summed E-state index contributed by atoms with van der Waals surface area (Å²) in [5.41, 5.74) is 2.80. The number of nitrogens with zero attached hydrogens (tertiary/aromatic N) is 1. The first-order chi connectivity index (χ1) is 12.9. The second-order valence-corrected chi connectivity index (χ2v) is 9.29. The lowest BCUT2D eigenvalue weighted by Crippen LogP contribution is -2.40. The Labute approximate surface area is 161 Å². The first kappa shape index (κ1) is 18.2. The highest BCUT2D eigenvalue weighted by Gasteiger charge is 2.29. The summed E-state index contributed by atoms with van der Waals surface area (Å²) in [4.78, 5) is 0. The van der Waals surface area contributed by atoms with E-state index < -0.39 is 0 Å². The van der Waals surface area contributed by atoms with Gasteiger partial charge in [-0.15, -0.1) is 0 Å². The van der Waals surface area contributed by atoms with Crippen molar-refractivity contribution in [1.82, 2.24) is 4.67 Å². The Kier molecular flexibility index (Phi) is 6.41. The maximum absolute atomic E-state index is 2.94. The number of hydrogen-bond acceptors (Lipinski definition) is 1. The predicted octanol–water partition coefficient (Wildman–Crippen LogP) is 6.54. The molecule has 0 radical (unpaired) electrons. The van der Waals surface area contributed by atoms with Crippen molar-refractivity contribution < 1.29 is 0 Å². The van der Waals surface area contributed by atoms with Crippen molar-refractivity contribution in [1.29, 1.82) is 0 Å². The van der Waals surface area contributed by atoms with Crippen molar-refractivity contribution in [2.75, 3.05) is 0 Å². The Bertz CT molecular complexity index is 654. The van der Waals surface area contributed by atoms with E-state index >= 15 is 0 Å². The van der Waals surface area contributed by atoms with E-state index in [0.29, 0.717) is 0 Å². The monoisotopic (exact) mass is 365 g/mol. The minimum Gasteiger partial charge on any atom is -0.275 e. The van der Waals surface area contributed by atoms with E-state index in [4.69, 9.17) is 0 Å². The van der Waals surface area contributed by atoms with Gasteiger partial charge in [0.05, 0.1) is 0 Å². The van der Waals surface area contributed by atoms with Crippen LogP contribution in [0, 0.1) is 0 Å². The smallest absolute Gasteiger partial charge is 0.0138 e. The largest absolute Gasteiger partial charge is 0.275 e. The van der Waals surface area contributed by atoms with E-state index in [0.717, 1.165) is 20.8 Å². The van der Waals surface area contributed by atoms with Crippen molar-refractivity contribution in [3.05, 3.63) is 54.6 Å². The molecule has 2 aliphatic rings. The van der Waals surface area contributed by atoms with Gasteiger partial charge in [-0.25, -0.2) is 0 Å². The van der Waals surface area contributed by atoms with Gasteiger partial charge in [0.15, 0.2) is 0 Å². The standard InChI is InChI=1S/C24H32NP/c1-4-12-20(13-5-1)23-18-10-11-19-24(23)26-25(21-14-6-2-7-15-21)22-16-8-3-9-17-22/h1,4-5,10-13,18-19,21-22,26H,2-3,6-9,14-17H2. The molecule has 1 nitrogen and oxygen atoms in total. The van der Waals surface area contributed by atoms with Crippen LogP contribution in [0.5, 0.6) is 0 Å². The van der Waals surface area contributed by atoms with Crippen molar-refractivity contribution in [2.45, 2.75) is 76.3 Å². The number of benzene rings is 2. The molecule has 1 unspecified atom stereocenters. The molecule has 2 aromatic rings. The molecule has 2 fully saturated rings. The zero-order valence-corrected chi connectivity index (χ0v) is 16.9. The maximum atomic E-state index is 2.94. The molecule has 0 amide bonds. The van der Waals surface area contributed by atoms with Gasteiger partial charge in [0, 0.05) is 12.1 Å². The van der Waals surface area contributed by atoms with E-state index in [9.17, 15) is 0 Å². The van der Waals surface area contributed by atoms with Gasteiger partial charge >= 0.3 is 0 Å². The summed E-state index contributed by atoms with van der Waals surface area (Å²) in [5.74, 6) is 0. The van der Waals surface area contributed by atoms with E-state index in [1.54, 1.807) is 0 Å². The first-order valence-electron chi connectivity index (χ1n) is 10.6. The number of rotatable bonds is 5. The third-order valence-corrected chi connectivity index (χ3v) is 7.86. The predicted molar refractivity (Wildman–Crippen MR) is 115 cm³/mol. The van der Waals surface area contributed by atoms with Crippen LogP contribution in [0.2, 0.25) is 0 Å². The van der Waals surface area contributed by atoms with Crippen LogP contribution in [0.25, 0.3) is 11.1 Å². The number of hydrogen-bond donors (Lipinski definition) is 0. The summed E-state index contributed by atoms with van der Waals surface area (Å²) in [6.45, 7) is 0. The second kappa shape index (κ2) is 9.16. The van der Waals surface area contributed by atoms with Crippen LogP contribution in [-0.4, -0.2) is 16.8 Å². The molecule has 0 saturated heterocycles. The van der Waals surface area contributed by atoms with Gasteiger partial charge < -0.3 is 0 Å². The van der Waals surface area contributed by atoms with Gasteiger partial charge in [0.1, 0.15) is 0 Å². The van der Waals surface area contributed by atoms with Crippen LogP contribution in [0.15, 0.2) is 54.6 Å². The van der Waals surface area contributed by atoms with Gasteiger partial charge in [-0.05, 0) is 50.8 Å². The van der Waals surface area contributed by atoms with Gasteiger partial charge in [-0.3, -0.25) is 4.67 Å². The molecular formula is C24H32NP. The van der Waals surface area contributed by atoms with Crippen molar-refractivity contribution >= 4 is 14.0 Å².